The van der Waals surface area contributed by atoms with E-state index >= 15 is 0 Å². The van der Waals surface area contributed by atoms with Gasteiger partial charge in [0.1, 0.15) is 5.52 Å². The lowest BCUT2D eigenvalue weighted by Crippen LogP contribution is -2.52. The minimum Gasteiger partial charge on any atom is -0.440 e. The van der Waals surface area contributed by atoms with Crippen LogP contribution < -0.4 is 10.6 Å². The Morgan fingerprint density at radius 1 is 1.20 bits per heavy atom. The van der Waals surface area contributed by atoms with Gasteiger partial charge in [0.25, 0.3) is 0 Å². The van der Waals surface area contributed by atoms with E-state index in [2.05, 4.69) is 20.5 Å². The second-order valence-electron chi connectivity index (χ2n) is 9.02. The molecule has 1 fully saturated rings. The summed E-state index contributed by atoms with van der Waals surface area (Å²) in [5.41, 5.74) is 1.96. The molecule has 3 rings (SSSR count). The maximum absolute atomic E-state index is 12.7. The third-order valence-corrected chi connectivity index (χ3v) is 5.33. The Morgan fingerprint density at radius 3 is 2.53 bits per heavy atom. The van der Waals surface area contributed by atoms with E-state index in [1.807, 2.05) is 52.8 Å². The Hall–Kier alpha value is -2.61. The Balaban J connectivity index is 1.53. The van der Waals surface area contributed by atoms with Gasteiger partial charge < -0.3 is 20.0 Å². The number of amides is 3. The summed E-state index contributed by atoms with van der Waals surface area (Å²) in [4.78, 5) is 33.1. The zero-order valence-corrected chi connectivity index (χ0v) is 18.6. The molecule has 1 unspecified atom stereocenters. The fourth-order valence-corrected chi connectivity index (χ4v) is 3.26. The Morgan fingerprint density at radius 2 is 1.90 bits per heavy atom. The van der Waals surface area contributed by atoms with Gasteiger partial charge in [-0.2, -0.15) is 0 Å². The highest BCUT2D eigenvalue weighted by Gasteiger charge is 2.24. The number of carbonyl (C=O) groups excluding carboxylic acids is 2. The van der Waals surface area contributed by atoms with Crippen molar-refractivity contribution in [2.24, 2.45) is 0 Å². The van der Waals surface area contributed by atoms with Crippen LogP contribution in [-0.2, 0) is 10.2 Å². The average molecular weight is 416 g/mol. The van der Waals surface area contributed by atoms with Gasteiger partial charge in [-0.1, -0.05) is 27.7 Å². The minimum atomic E-state index is -0.173. The molecule has 0 saturated carbocycles. The number of aromatic nitrogens is 1. The Kier molecular flexibility index (Phi) is 6.65. The first kappa shape index (κ1) is 22.1. The van der Waals surface area contributed by atoms with Crippen LogP contribution in [0.5, 0.6) is 0 Å². The summed E-state index contributed by atoms with van der Waals surface area (Å²) in [5, 5.41) is 5.93. The van der Waals surface area contributed by atoms with Crippen molar-refractivity contribution in [3.8, 4) is 0 Å². The smallest absolute Gasteiger partial charge is 0.321 e. The number of anilines is 1. The number of rotatable bonds is 5. The van der Waals surface area contributed by atoms with E-state index in [1.165, 1.54) is 0 Å². The third kappa shape index (κ3) is 5.50. The number of benzene rings is 1. The minimum absolute atomic E-state index is 0.0396. The lowest BCUT2D eigenvalue weighted by Gasteiger charge is -2.34. The number of nitrogens with one attached hydrogen (secondary N) is 2. The van der Waals surface area contributed by atoms with E-state index in [0.717, 1.165) is 11.9 Å². The van der Waals surface area contributed by atoms with Gasteiger partial charge in [0.05, 0.1) is 6.54 Å². The molecule has 0 bridgehead atoms. The van der Waals surface area contributed by atoms with E-state index < -0.39 is 0 Å². The van der Waals surface area contributed by atoms with Crippen molar-refractivity contribution in [1.29, 1.82) is 0 Å². The van der Waals surface area contributed by atoms with E-state index in [-0.39, 0.29) is 23.4 Å². The molecule has 2 aromatic rings. The summed E-state index contributed by atoms with van der Waals surface area (Å²) >= 11 is 0. The van der Waals surface area contributed by atoms with Gasteiger partial charge in [0.2, 0.25) is 11.8 Å². The summed E-state index contributed by atoms with van der Waals surface area (Å²) in [6.07, 6.45) is 0.914. The molecule has 1 saturated heterocycles. The second kappa shape index (κ2) is 9.04. The molecule has 30 heavy (non-hydrogen) atoms. The normalized spacial score (nSPS) is 16.5. The van der Waals surface area contributed by atoms with Crippen molar-refractivity contribution in [3.05, 3.63) is 24.1 Å². The lowest BCUT2D eigenvalue weighted by molar-refractivity contribution is -0.123. The van der Waals surface area contributed by atoms with Gasteiger partial charge in [-0.15, -0.1) is 0 Å². The largest absolute Gasteiger partial charge is 0.440 e. The van der Waals surface area contributed by atoms with Crippen molar-refractivity contribution in [2.45, 2.75) is 52.5 Å². The molecule has 3 amide bonds. The van der Waals surface area contributed by atoms with Gasteiger partial charge >= 0.3 is 6.03 Å². The maximum Gasteiger partial charge on any atom is 0.321 e. The summed E-state index contributed by atoms with van der Waals surface area (Å²) in [7, 11) is 0. The molecule has 1 aliphatic rings. The lowest BCUT2D eigenvalue weighted by atomic mass is 9.97. The molecule has 1 aromatic carbocycles. The predicted octanol–water partition coefficient (Wildman–Crippen LogP) is 3.19. The molecule has 2 N–H and O–H groups in total. The van der Waals surface area contributed by atoms with Gasteiger partial charge in [0, 0.05) is 43.3 Å². The van der Waals surface area contributed by atoms with Crippen LogP contribution >= 0.6 is 0 Å². The standard InChI is InChI=1S/C22H33N5O3/c1-6-15(2)23-19(28)14-26-9-11-27(12-10-26)21(29)24-16-7-8-18-17(13-16)25-20(30-18)22(3,4)5/h7-8,13,15H,6,9-12,14H2,1-5H3,(H,23,28)(H,24,29). The molecule has 0 aliphatic carbocycles. The van der Waals surface area contributed by atoms with Crippen LogP contribution in [0.1, 0.15) is 46.9 Å². The van der Waals surface area contributed by atoms with Gasteiger partial charge in [-0.25, -0.2) is 9.78 Å². The van der Waals surface area contributed by atoms with Gasteiger partial charge in [-0.05, 0) is 31.5 Å². The molecule has 1 aliphatic heterocycles. The highest BCUT2D eigenvalue weighted by molar-refractivity contribution is 5.91. The first-order valence-corrected chi connectivity index (χ1v) is 10.6. The molecule has 1 atom stereocenters. The molecule has 0 radical (unpaired) electrons. The van der Waals surface area contributed by atoms with Crippen LogP contribution in [-0.4, -0.2) is 65.5 Å². The van der Waals surface area contributed by atoms with Crippen molar-refractivity contribution in [1.82, 2.24) is 20.1 Å². The van der Waals surface area contributed by atoms with Crippen LogP contribution in [0.15, 0.2) is 22.6 Å². The Bertz CT molecular complexity index is 894. The molecule has 164 valence electrons. The SMILES string of the molecule is CCC(C)NC(=O)CN1CCN(C(=O)Nc2ccc3oc(C(C)(C)C)nc3c2)CC1. The average Bonchev–Trinajstić information content (AvgIpc) is 3.12. The van der Waals surface area contributed by atoms with Crippen LogP contribution in [0.4, 0.5) is 10.5 Å². The molecule has 8 nitrogen and oxygen atoms in total. The highest BCUT2D eigenvalue weighted by atomic mass is 16.3. The summed E-state index contributed by atoms with van der Waals surface area (Å²) in [6.45, 7) is 13.1. The maximum atomic E-state index is 12.7. The predicted molar refractivity (Wildman–Crippen MR) is 118 cm³/mol. The molecule has 8 heteroatoms. The number of hydrogen-bond acceptors (Lipinski definition) is 5. The van der Waals surface area contributed by atoms with Crippen LogP contribution in [0.3, 0.4) is 0 Å². The number of piperazine rings is 1. The Labute approximate surface area is 178 Å². The highest BCUT2D eigenvalue weighted by Crippen LogP contribution is 2.27. The first-order chi connectivity index (χ1) is 14.2. The van der Waals surface area contributed by atoms with E-state index in [9.17, 15) is 9.59 Å². The van der Waals surface area contributed by atoms with Crippen molar-refractivity contribution in [3.63, 3.8) is 0 Å². The van der Waals surface area contributed by atoms with E-state index in [4.69, 9.17) is 4.42 Å². The number of oxazole rings is 1. The van der Waals surface area contributed by atoms with E-state index in [1.54, 1.807) is 4.90 Å². The number of nitrogens with zero attached hydrogens (tertiary/aromatic N) is 3. The van der Waals surface area contributed by atoms with Crippen molar-refractivity contribution >= 4 is 28.7 Å². The summed E-state index contributed by atoms with van der Waals surface area (Å²) in [5.74, 6) is 0.715. The summed E-state index contributed by atoms with van der Waals surface area (Å²) < 4.78 is 5.81. The van der Waals surface area contributed by atoms with Crippen molar-refractivity contribution < 1.29 is 14.0 Å². The zero-order chi connectivity index (χ0) is 21.9. The molecular formula is C22H33N5O3. The van der Waals surface area contributed by atoms with Crippen LogP contribution in [0, 0.1) is 0 Å². The molecule has 1 aromatic heterocycles. The quantitative estimate of drug-likeness (QED) is 0.783. The van der Waals surface area contributed by atoms with Crippen molar-refractivity contribution in [2.75, 3.05) is 38.0 Å². The first-order valence-electron chi connectivity index (χ1n) is 10.6. The zero-order valence-electron chi connectivity index (χ0n) is 18.6. The number of fused-ring (bicyclic) bond motifs is 1. The summed E-state index contributed by atoms with van der Waals surface area (Å²) in [6, 6.07) is 5.54. The van der Waals surface area contributed by atoms with Gasteiger partial charge in [0.15, 0.2) is 5.58 Å². The number of hydrogen-bond donors (Lipinski definition) is 2. The van der Waals surface area contributed by atoms with Crippen LogP contribution in [0.25, 0.3) is 11.1 Å². The third-order valence-electron chi connectivity index (χ3n) is 5.33. The second-order valence-corrected chi connectivity index (χ2v) is 9.02. The van der Waals surface area contributed by atoms with Crippen LogP contribution in [0.2, 0.25) is 0 Å². The number of carbonyl (C=O) groups is 2. The van der Waals surface area contributed by atoms with Gasteiger partial charge in [-0.3, -0.25) is 9.69 Å². The fraction of sp³-hybridized carbons (Fsp3) is 0.591. The molecule has 2 heterocycles. The monoisotopic (exact) mass is 415 g/mol. The number of urea groups is 1. The van der Waals surface area contributed by atoms with E-state index in [0.29, 0.717) is 49.9 Å². The molecular weight excluding hydrogens is 382 g/mol. The topological polar surface area (TPSA) is 90.7 Å². The molecule has 0 spiro atoms. The fourth-order valence-electron chi connectivity index (χ4n) is 3.26.